The third-order valence-corrected chi connectivity index (χ3v) is 3.81. The van der Waals surface area contributed by atoms with Gasteiger partial charge in [-0.05, 0) is 55.3 Å². The van der Waals surface area contributed by atoms with Crippen molar-refractivity contribution in [2.45, 2.75) is 20.3 Å². The summed E-state index contributed by atoms with van der Waals surface area (Å²) in [6.45, 7) is 4.64. The van der Waals surface area contributed by atoms with E-state index in [0.717, 1.165) is 23.4 Å². The van der Waals surface area contributed by atoms with Crippen LogP contribution in [0.5, 0.6) is 5.75 Å². The Morgan fingerprint density at radius 3 is 2.44 bits per heavy atom. The van der Waals surface area contributed by atoms with Crippen molar-refractivity contribution < 1.29 is 14.1 Å². The van der Waals surface area contributed by atoms with Crippen molar-refractivity contribution in [3.8, 4) is 17.1 Å². The van der Waals surface area contributed by atoms with E-state index in [0.29, 0.717) is 12.4 Å². The molecular weight excluding hydrogens is 316 g/mol. The molecule has 0 radical (unpaired) electrons. The maximum atomic E-state index is 12.3. The van der Waals surface area contributed by atoms with Crippen LogP contribution in [0.2, 0.25) is 0 Å². The van der Waals surface area contributed by atoms with Crippen LogP contribution in [0.25, 0.3) is 11.3 Å². The molecule has 0 aliphatic rings. The number of aromatic nitrogens is 1. The Bertz CT molecular complexity index is 836. The summed E-state index contributed by atoms with van der Waals surface area (Å²) in [4.78, 5) is 12.3. The molecule has 1 amide bonds. The van der Waals surface area contributed by atoms with Gasteiger partial charge in [-0.1, -0.05) is 24.2 Å². The van der Waals surface area contributed by atoms with Crippen molar-refractivity contribution in [2.75, 3.05) is 11.9 Å². The Balaban J connectivity index is 1.70. The molecule has 1 aromatic heterocycles. The van der Waals surface area contributed by atoms with Gasteiger partial charge in [0.1, 0.15) is 5.75 Å². The lowest BCUT2D eigenvalue weighted by atomic mass is 10.1. The average Bonchev–Trinajstić information content (AvgIpc) is 3.13. The molecule has 5 nitrogen and oxygen atoms in total. The number of amides is 1. The van der Waals surface area contributed by atoms with Crippen LogP contribution in [0.15, 0.2) is 59.1 Å². The van der Waals surface area contributed by atoms with E-state index in [9.17, 15) is 4.79 Å². The summed E-state index contributed by atoms with van der Waals surface area (Å²) in [6.07, 6.45) is 0.961. The fourth-order valence-corrected chi connectivity index (χ4v) is 2.42. The minimum Gasteiger partial charge on any atom is -0.494 e. The van der Waals surface area contributed by atoms with Crippen molar-refractivity contribution in [3.05, 3.63) is 65.9 Å². The Morgan fingerprint density at radius 1 is 1.08 bits per heavy atom. The van der Waals surface area contributed by atoms with E-state index in [4.69, 9.17) is 9.26 Å². The Hall–Kier alpha value is -3.08. The zero-order valence-electron chi connectivity index (χ0n) is 14.3. The zero-order chi connectivity index (χ0) is 17.6. The Morgan fingerprint density at radius 2 is 1.80 bits per heavy atom. The standard InChI is InChI=1S/C20H20N2O3/c1-3-14-5-9-16(10-6-14)21-20(23)18-13-19(25-22-18)15-7-11-17(12-8-15)24-4-2/h5-13H,3-4H2,1-2H3,(H,21,23). The Kier molecular flexibility index (Phi) is 5.14. The molecule has 1 N–H and O–H groups in total. The molecule has 0 saturated carbocycles. The van der Waals surface area contributed by atoms with Crippen LogP contribution < -0.4 is 10.1 Å². The second-order valence-electron chi connectivity index (χ2n) is 5.54. The number of rotatable bonds is 6. The molecular formula is C20H20N2O3. The van der Waals surface area contributed by atoms with Gasteiger partial charge >= 0.3 is 0 Å². The number of nitrogens with one attached hydrogen (secondary N) is 1. The van der Waals surface area contributed by atoms with Crippen molar-refractivity contribution in [1.82, 2.24) is 5.16 Å². The molecule has 0 atom stereocenters. The zero-order valence-corrected chi connectivity index (χ0v) is 14.3. The summed E-state index contributed by atoms with van der Waals surface area (Å²) in [5.74, 6) is 1.03. The lowest BCUT2D eigenvalue weighted by molar-refractivity contribution is 0.101. The summed E-state index contributed by atoms with van der Waals surface area (Å²) < 4.78 is 10.7. The molecule has 5 heteroatoms. The first-order valence-corrected chi connectivity index (χ1v) is 8.30. The minimum absolute atomic E-state index is 0.239. The lowest BCUT2D eigenvalue weighted by Gasteiger charge is -2.03. The highest BCUT2D eigenvalue weighted by atomic mass is 16.5. The molecule has 0 saturated heterocycles. The van der Waals surface area contributed by atoms with Crippen LogP contribution in [-0.2, 0) is 6.42 Å². The molecule has 0 aliphatic heterocycles. The summed E-state index contributed by atoms with van der Waals surface area (Å²) in [7, 11) is 0. The maximum absolute atomic E-state index is 12.3. The smallest absolute Gasteiger partial charge is 0.277 e. The van der Waals surface area contributed by atoms with Gasteiger partial charge in [-0.15, -0.1) is 0 Å². The quantitative estimate of drug-likeness (QED) is 0.717. The van der Waals surface area contributed by atoms with Gasteiger partial charge in [0.25, 0.3) is 5.91 Å². The number of carbonyl (C=O) groups is 1. The number of hydrogen-bond donors (Lipinski definition) is 1. The molecule has 3 aromatic rings. The largest absolute Gasteiger partial charge is 0.494 e. The van der Waals surface area contributed by atoms with Crippen LogP contribution in [0.3, 0.4) is 0 Å². The monoisotopic (exact) mass is 336 g/mol. The fraction of sp³-hybridized carbons (Fsp3) is 0.200. The molecule has 3 rings (SSSR count). The maximum Gasteiger partial charge on any atom is 0.277 e. The second-order valence-corrected chi connectivity index (χ2v) is 5.54. The number of nitrogens with zero attached hydrogens (tertiary/aromatic N) is 1. The predicted molar refractivity (Wildman–Crippen MR) is 96.9 cm³/mol. The average molecular weight is 336 g/mol. The molecule has 0 fully saturated rings. The van der Waals surface area contributed by atoms with Crippen molar-refractivity contribution in [2.24, 2.45) is 0 Å². The van der Waals surface area contributed by atoms with E-state index in [1.807, 2.05) is 55.5 Å². The molecule has 128 valence electrons. The predicted octanol–water partition coefficient (Wildman–Crippen LogP) is 4.56. The molecule has 0 spiro atoms. The van der Waals surface area contributed by atoms with E-state index in [1.54, 1.807) is 6.07 Å². The molecule has 0 bridgehead atoms. The van der Waals surface area contributed by atoms with Crippen molar-refractivity contribution >= 4 is 11.6 Å². The van der Waals surface area contributed by atoms with Gasteiger partial charge in [0.2, 0.25) is 0 Å². The van der Waals surface area contributed by atoms with Gasteiger partial charge in [0, 0.05) is 17.3 Å². The van der Waals surface area contributed by atoms with E-state index in [2.05, 4.69) is 17.4 Å². The number of aryl methyl sites for hydroxylation is 1. The third-order valence-electron chi connectivity index (χ3n) is 3.81. The highest BCUT2D eigenvalue weighted by Crippen LogP contribution is 2.23. The molecule has 2 aromatic carbocycles. The van der Waals surface area contributed by atoms with E-state index in [-0.39, 0.29) is 11.6 Å². The number of hydrogen-bond acceptors (Lipinski definition) is 4. The normalized spacial score (nSPS) is 10.5. The van der Waals surface area contributed by atoms with Gasteiger partial charge in [-0.3, -0.25) is 4.79 Å². The van der Waals surface area contributed by atoms with Gasteiger partial charge in [-0.25, -0.2) is 0 Å². The highest BCUT2D eigenvalue weighted by Gasteiger charge is 2.14. The van der Waals surface area contributed by atoms with Crippen molar-refractivity contribution in [1.29, 1.82) is 0 Å². The molecule has 1 heterocycles. The van der Waals surface area contributed by atoms with Gasteiger partial charge in [0.05, 0.1) is 6.61 Å². The number of anilines is 1. The van der Waals surface area contributed by atoms with E-state index < -0.39 is 0 Å². The summed E-state index contributed by atoms with van der Waals surface area (Å²) in [5.41, 5.74) is 3.02. The molecule has 0 aliphatic carbocycles. The SMILES string of the molecule is CCOc1ccc(-c2cc(C(=O)Nc3ccc(CC)cc3)no2)cc1. The topological polar surface area (TPSA) is 64.4 Å². The second kappa shape index (κ2) is 7.66. The van der Waals surface area contributed by atoms with Crippen LogP contribution in [-0.4, -0.2) is 17.7 Å². The van der Waals surface area contributed by atoms with E-state index in [1.165, 1.54) is 5.56 Å². The third kappa shape index (κ3) is 4.07. The number of carbonyl (C=O) groups excluding carboxylic acids is 1. The van der Waals surface area contributed by atoms with Gasteiger partial charge < -0.3 is 14.6 Å². The van der Waals surface area contributed by atoms with Crippen LogP contribution >= 0.6 is 0 Å². The lowest BCUT2D eigenvalue weighted by Crippen LogP contribution is -2.12. The summed E-state index contributed by atoms with van der Waals surface area (Å²) >= 11 is 0. The molecule has 25 heavy (non-hydrogen) atoms. The van der Waals surface area contributed by atoms with Crippen LogP contribution in [0, 0.1) is 0 Å². The number of ether oxygens (including phenoxy) is 1. The fourth-order valence-electron chi connectivity index (χ4n) is 2.42. The Labute approximate surface area is 146 Å². The first kappa shape index (κ1) is 16.8. The highest BCUT2D eigenvalue weighted by molar-refractivity contribution is 6.03. The van der Waals surface area contributed by atoms with Crippen molar-refractivity contribution in [3.63, 3.8) is 0 Å². The summed E-state index contributed by atoms with van der Waals surface area (Å²) in [5, 5.41) is 6.68. The van der Waals surface area contributed by atoms with Gasteiger partial charge in [0.15, 0.2) is 11.5 Å². The summed E-state index contributed by atoms with van der Waals surface area (Å²) in [6, 6.07) is 16.8. The van der Waals surface area contributed by atoms with Crippen LogP contribution in [0.4, 0.5) is 5.69 Å². The first-order chi connectivity index (χ1) is 12.2. The van der Waals surface area contributed by atoms with E-state index >= 15 is 0 Å². The first-order valence-electron chi connectivity index (χ1n) is 8.30. The number of benzene rings is 2. The van der Waals surface area contributed by atoms with Gasteiger partial charge in [-0.2, -0.15) is 0 Å². The molecule has 0 unspecified atom stereocenters. The minimum atomic E-state index is -0.301. The van der Waals surface area contributed by atoms with Crippen LogP contribution in [0.1, 0.15) is 29.9 Å².